The van der Waals surface area contributed by atoms with Gasteiger partial charge in [0.1, 0.15) is 5.69 Å². The average Bonchev–Trinajstić information content (AvgIpc) is 3.46. The number of hydrogen-bond acceptors (Lipinski definition) is 2. The van der Waals surface area contributed by atoms with E-state index < -0.39 is 5.92 Å². The minimum atomic E-state index is -0.690. The van der Waals surface area contributed by atoms with Crippen LogP contribution in [0.2, 0.25) is 30.1 Å². The van der Waals surface area contributed by atoms with E-state index in [2.05, 4.69) is 9.38 Å². The Bertz CT molecular complexity index is 2140. The summed E-state index contributed by atoms with van der Waals surface area (Å²) in [5.41, 5.74) is 6.88. The van der Waals surface area contributed by atoms with Crippen molar-refractivity contribution >= 4 is 97.6 Å². The highest BCUT2D eigenvalue weighted by molar-refractivity contribution is 6.39. The second-order valence-corrected chi connectivity index (χ2v) is 12.4. The number of hydrogen-bond donors (Lipinski definition) is 0. The van der Waals surface area contributed by atoms with Crippen LogP contribution in [-0.2, 0) is 0 Å². The number of aryl methyl sites for hydroxylation is 1. The predicted octanol–water partition coefficient (Wildman–Crippen LogP) is 10.9. The molecule has 0 N–H and O–H groups in total. The Hall–Kier alpha value is -2.96. The molecule has 7 aromatic rings. The number of aromatic nitrogens is 3. The minimum absolute atomic E-state index is 0.327. The van der Waals surface area contributed by atoms with Gasteiger partial charge >= 0.3 is 5.84 Å². The third-order valence-electron chi connectivity index (χ3n) is 7.36. The number of halogens is 6. The normalized spacial score (nSPS) is 12.5. The molecule has 1 unspecified atom stereocenters. The molecule has 0 bridgehead atoms. The summed E-state index contributed by atoms with van der Waals surface area (Å²) in [6.07, 6.45) is 3.03. The van der Waals surface area contributed by atoms with Gasteiger partial charge in [0.05, 0.1) is 20.1 Å². The molecular weight excluding hydrogens is 655 g/mol. The van der Waals surface area contributed by atoms with Gasteiger partial charge in [-0.15, -0.1) is 0 Å². The molecular formula is C32H18Cl6N3O+. The van der Waals surface area contributed by atoms with Crippen molar-refractivity contribution in [1.29, 1.82) is 0 Å². The van der Waals surface area contributed by atoms with E-state index in [4.69, 9.17) is 74.0 Å². The van der Waals surface area contributed by atoms with Crippen molar-refractivity contribution in [2.45, 2.75) is 12.8 Å². The number of imidazole rings is 1. The van der Waals surface area contributed by atoms with Crippen LogP contribution < -0.4 is 4.40 Å². The van der Waals surface area contributed by atoms with Crippen LogP contribution in [0.4, 0.5) is 0 Å². The second kappa shape index (κ2) is 10.6. The van der Waals surface area contributed by atoms with Gasteiger partial charge in [-0.3, -0.25) is 4.98 Å². The molecule has 3 aromatic heterocycles. The van der Waals surface area contributed by atoms with E-state index in [1.54, 1.807) is 0 Å². The molecule has 7 rings (SSSR count). The molecule has 0 amide bonds. The zero-order valence-electron chi connectivity index (χ0n) is 21.7. The molecule has 1 atom stereocenters. The summed E-state index contributed by atoms with van der Waals surface area (Å²) >= 11 is 41.4. The third-order valence-corrected chi connectivity index (χ3v) is 9.21. The number of pyridine rings is 1. The number of nitrogens with zero attached hydrogens (tertiary/aromatic N) is 3. The van der Waals surface area contributed by atoms with E-state index in [0.717, 1.165) is 27.7 Å². The molecule has 0 aliphatic rings. The van der Waals surface area contributed by atoms with Crippen LogP contribution >= 0.6 is 69.6 Å². The van der Waals surface area contributed by atoms with E-state index in [0.29, 0.717) is 58.4 Å². The fraction of sp³-hybridized carbons (Fsp3) is 0.0625. The maximum atomic E-state index is 7.14. The van der Waals surface area contributed by atoms with Gasteiger partial charge in [0.15, 0.2) is 22.1 Å². The largest absolute Gasteiger partial charge is 0.473 e. The van der Waals surface area contributed by atoms with Crippen LogP contribution in [0, 0.1) is 6.92 Å². The third kappa shape index (κ3) is 4.36. The Balaban J connectivity index is 1.52. The van der Waals surface area contributed by atoms with Gasteiger partial charge in [0, 0.05) is 57.2 Å². The molecule has 0 fully saturated rings. The number of rotatable bonds is 4. The summed E-state index contributed by atoms with van der Waals surface area (Å²) < 4.78 is 10.4. The van der Waals surface area contributed by atoms with Crippen molar-refractivity contribution in [1.82, 2.24) is 9.55 Å². The molecule has 42 heavy (non-hydrogen) atoms. The Kier molecular flexibility index (Phi) is 7.05. The predicted molar refractivity (Wildman–Crippen MR) is 173 cm³/mol. The minimum Gasteiger partial charge on any atom is -0.386 e. The van der Waals surface area contributed by atoms with Crippen LogP contribution in [0.1, 0.15) is 28.2 Å². The summed E-state index contributed by atoms with van der Waals surface area (Å²) in [5, 5.41) is 2.25. The first-order valence-corrected chi connectivity index (χ1v) is 15.1. The monoisotopic (exact) mass is 670 g/mol. The fourth-order valence-electron chi connectivity index (χ4n) is 5.64. The zero-order chi connectivity index (χ0) is 29.3. The standard InChI is InChI=1S/C32H18Cl6N3O/c1-16-10-18(33)28(19(34)11-16)31(30-22(37)14-39-15-23(30)38)29-20(35)12-17(13-21(29)36)40-24-6-2-3-7-25(24)41-26-8-4-5-9-27(26)42-32(40)41/h2-15,31H,1H3/q+1. The van der Waals surface area contributed by atoms with Crippen molar-refractivity contribution in [3.05, 3.63) is 138 Å². The lowest BCUT2D eigenvalue weighted by Crippen LogP contribution is -2.17. The van der Waals surface area contributed by atoms with Crippen molar-refractivity contribution in [2.75, 3.05) is 0 Å². The molecule has 208 valence electrons. The molecule has 3 heterocycles. The summed E-state index contributed by atoms with van der Waals surface area (Å²) in [5.74, 6) is -0.0802. The lowest BCUT2D eigenvalue weighted by Gasteiger charge is -2.25. The van der Waals surface area contributed by atoms with Gasteiger partial charge < -0.3 is 4.42 Å². The van der Waals surface area contributed by atoms with E-state index in [9.17, 15) is 0 Å². The highest BCUT2D eigenvalue weighted by atomic mass is 35.5. The lowest BCUT2D eigenvalue weighted by molar-refractivity contribution is -0.454. The molecule has 0 aliphatic carbocycles. The number of benzene rings is 4. The highest BCUT2D eigenvalue weighted by Crippen LogP contribution is 2.49. The van der Waals surface area contributed by atoms with Crippen LogP contribution in [0.3, 0.4) is 0 Å². The van der Waals surface area contributed by atoms with Gasteiger partial charge in [-0.2, -0.15) is 8.97 Å². The first-order valence-electron chi connectivity index (χ1n) is 12.8. The maximum Gasteiger partial charge on any atom is 0.473 e. The Morgan fingerprint density at radius 3 is 1.83 bits per heavy atom. The molecule has 0 radical (unpaired) electrons. The molecule has 4 nitrogen and oxygen atoms in total. The van der Waals surface area contributed by atoms with Gasteiger partial charge in [-0.05, 0) is 48.9 Å². The smallest absolute Gasteiger partial charge is 0.386 e. The molecule has 10 heteroatoms. The van der Waals surface area contributed by atoms with Gasteiger partial charge in [-0.25, -0.2) is 0 Å². The quantitative estimate of drug-likeness (QED) is 0.174. The fourth-order valence-corrected chi connectivity index (χ4v) is 7.73. The Morgan fingerprint density at radius 2 is 1.19 bits per heavy atom. The SMILES string of the molecule is Cc1cc(Cl)c(C(c2c(Cl)cncc2Cl)c2c(Cl)cc(-n3c4ccccc4[n+]4c5ccccc5oc34)cc2Cl)c(Cl)c1. The van der Waals surface area contributed by atoms with Crippen molar-refractivity contribution in [3.8, 4) is 5.69 Å². The molecule has 0 saturated heterocycles. The van der Waals surface area contributed by atoms with Crippen LogP contribution in [0.15, 0.2) is 89.6 Å². The highest BCUT2D eigenvalue weighted by Gasteiger charge is 2.33. The average molecular weight is 673 g/mol. The molecule has 0 spiro atoms. The summed E-state index contributed by atoms with van der Waals surface area (Å²) in [7, 11) is 0. The Morgan fingerprint density at radius 1 is 0.667 bits per heavy atom. The zero-order valence-corrected chi connectivity index (χ0v) is 26.2. The maximum absolute atomic E-state index is 7.14. The van der Waals surface area contributed by atoms with E-state index in [-0.39, 0.29) is 0 Å². The lowest BCUT2D eigenvalue weighted by atomic mass is 9.84. The van der Waals surface area contributed by atoms with Crippen LogP contribution in [-0.4, -0.2) is 9.55 Å². The van der Waals surface area contributed by atoms with Crippen LogP contribution in [0.5, 0.6) is 0 Å². The molecule has 0 aliphatic heterocycles. The molecule has 4 aromatic carbocycles. The first kappa shape index (κ1) is 27.8. The topological polar surface area (TPSA) is 35.1 Å². The Labute approximate surface area is 270 Å². The number of para-hydroxylation sites is 4. The summed E-state index contributed by atoms with van der Waals surface area (Å²) in [4.78, 5) is 4.13. The van der Waals surface area contributed by atoms with E-state index >= 15 is 0 Å². The first-order chi connectivity index (χ1) is 20.2. The summed E-state index contributed by atoms with van der Waals surface area (Å²) in [6, 6.07) is 23.3. The number of oxazole rings is 1. The van der Waals surface area contributed by atoms with E-state index in [1.165, 1.54) is 12.4 Å². The van der Waals surface area contributed by atoms with E-state index in [1.807, 2.05) is 84.3 Å². The van der Waals surface area contributed by atoms with Crippen LogP contribution in [0.25, 0.3) is 33.7 Å². The summed E-state index contributed by atoms with van der Waals surface area (Å²) in [6.45, 7) is 1.91. The van der Waals surface area contributed by atoms with Crippen molar-refractivity contribution in [2.24, 2.45) is 0 Å². The van der Waals surface area contributed by atoms with Crippen molar-refractivity contribution in [3.63, 3.8) is 0 Å². The number of fused-ring (bicyclic) bond motifs is 5. The molecule has 0 saturated carbocycles. The van der Waals surface area contributed by atoms with Crippen molar-refractivity contribution < 1.29 is 8.82 Å². The second-order valence-electron chi connectivity index (χ2n) is 9.93. The van der Waals surface area contributed by atoms with Gasteiger partial charge in [0.25, 0.3) is 0 Å². The van der Waals surface area contributed by atoms with Gasteiger partial charge in [0.2, 0.25) is 0 Å². The van der Waals surface area contributed by atoms with Gasteiger partial charge in [-0.1, -0.05) is 93.9 Å².